The fourth-order valence-electron chi connectivity index (χ4n) is 7.65. The standard InChI is InChI=1S/C32H31ClF5N7O4S2/c1-14(43-51(2,46)47)19-12-48-27-23-26(25(38)22(24(27)33)16-4-5-18(35)28-21(16)17(9-39)29(40)50-28)41-31(42-30(23)45(19)11-20(36)37)49-13-32-6-3-7-44(32)10-15(34)8-32/h4-5,14-15,19-20,43H,3,6-8,10-13,40H2,1-2H3/t14?,15-,19?,32+/m1/s1. The van der Waals surface area contributed by atoms with Gasteiger partial charge >= 0.3 is 6.01 Å². The Balaban J connectivity index is 1.48. The first-order valence-electron chi connectivity index (χ1n) is 15.9. The van der Waals surface area contributed by atoms with E-state index in [4.69, 9.17) is 26.8 Å². The Bertz CT molecular complexity index is 2220. The normalized spacial score (nSPS) is 22.7. The summed E-state index contributed by atoms with van der Waals surface area (Å²) in [6, 6.07) is 1.64. The summed E-state index contributed by atoms with van der Waals surface area (Å²) in [6.07, 6.45) is -1.52. The van der Waals surface area contributed by atoms with Crippen LogP contribution in [0.5, 0.6) is 11.8 Å². The molecule has 3 aliphatic heterocycles. The van der Waals surface area contributed by atoms with Crippen LogP contribution in [0, 0.1) is 23.0 Å². The van der Waals surface area contributed by atoms with E-state index < -0.39 is 76.6 Å². The van der Waals surface area contributed by atoms with E-state index in [1.807, 2.05) is 11.0 Å². The molecule has 2 saturated heterocycles. The van der Waals surface area contributed by atoms with Crippen molar-refractivity contribution in [2.45, 2.75) is 56.4 Å². The molecule has 4 aromatic rings. The van der Waals surface area contributed by atoms with Crippen LogP contribution < -0.4 is 24.8 Å². The lowest BCUT2D eigenvalue weighted by Gasteiger charge is -2.35. The largest absolute Gasteiger partial charge is 0.489 e. The SMILES string of the molecule is CC(NS(C)(=O)=O)C1COc2c(Cl)c(-c3ccc(F)c4sc(N)c(C#N)c34)c(F)c3nc(OC[C@@]45CCCN4C[C@H](F)C5)nc(c23)N1CC(F)F. The number of rotatable bonds is 9. The van der Waals surface area contributed by atoms with Crippen LogP contribution in [0.3, 0.4) is 0 Å². The molecule has 0 bridgehead atoms. The van der Waals surface area contributed by atoms with Crippen molar-refractivity contribution >= 4 is 64.8 Å². The number of hydrogen-bond acceptors (Lipinski definition) is 11. The average molecular weight is 772 g/mol. The highest BCUT2D eigenvalue weighted by molar-refractivity contribution is 7.88. The van der Waals surface area contributed by atoms with Gasteiger partial charge in [-0.2, -0.15) is 15.2 Å². The summed E-state index contributed by atoms with van der Waals surface area (Å²) in [4.78, 5) is 11.9. The van der Waals surface area contributed by atoms with E-state index in [2.05, 4.69) is 14.7 Å². The first-order valence-corrected chi connectivity index (χ1v) is 19.0. The maximum absolute atomic E-state index is 17.2. The Kier molecular flexibility index (Phi) is 9.10. The second kappa shape index (κ2) is 13.0. The molecule has 0 radical (unpaired) electrons. The smallest absolute Gasteiger partial charge is 0.319 e. The van der Waals surface area contributed by atoms with Gasteiger partial charge in [-0.15, -0.1) is 11.3 Å². The molecule has 19 heteroatoms. The molecule has 7 rings (SSSR count). The first-order chi connectivity index (χ1) is 24.1. The molecule has 0 saturated carbocycles. The Hall–Kier alpha value is -3.76. The predicted molar refractivity (Wildman–Crippen MR) is 183 cm³/mol. The molecule has 3 aliphatic rings. The summed E-state index contributed by atoms with van der Waals surface area (Å²) in [6.45, 7) is 0.856. The minimum absolute atomic E-state index is 0.00246. The summed E-state index contributed by atoms with van der Waals surface area (Å²) in [5.41, 5.74) is 4.46. The van der Waals surface area contributed by atoms with Crippen LogP contribution in [0.2, 0.25) is 5.02 Å². The van der Waals surface area contributed by atoms with Gasteiger partial charge in [-0.25, -0.2) is 35.1 Å². The number of nitriles is 1. The van der Waals surface area contributed by atoms with Crippen molar-refractivity contribution in [1.82, 2.24) is 19.6 Å². The molecule has 4 atom stereocenters. The summed E-state index contributed by atoms with van der Waals surface area (Å²) in [7, 11) is -3.85. The number of aromatic nitrogens is 2. The van der Waals surface area contributed by atoms with E-state index in [0.29, 0.717) is 13.0 Å². The minimum Gasteiger partial charge on any atom is -0.489 e. The van der Waals surface area contributed by atoms with Crippen LogP contribution in [0.4, 0.5) is 32.8 Å². The van der Waals surface area contributed by atoms with E-state index in [1.165, 1.54) is 13.0 Å². The molecule has 3 N–H and O–H groups in total. The van der Waals surface area contributed by atoms with Crippen molar-refractivity contribution in [3.05, 3.63) is 34.4 Å². The van der Waals surface area contributed by atoms with E-state index in [0.717, 1.165) is 35.0 Å². The molecule has 272 valence electrons. The molecule has 51 heavy (non-hydrogen) atoms. The van der Waals surface area contributed by atoms with Crippen molar-refractivity contribution in [2.75, 3.05) is 49.7 Å². The monoisotopic (exact) mass is 771 g/mol. The molecule has 5 heterocycles. The first kappa shape index (κ1) is 35.6. The Morgan fingerprint density at radius 1 is 1.29 bits per heavy atom. The number of nitrogens with one attached hydrogen (secondary N) is 1. The molecular formula is C32H31ClF5N7O4S2. The molecule has 11 nitrogen and oxygen atoms in total. The van der Waals surface area contributed by atoms with E-state index >= 15 is 8.78 Å². The molecule has 2 fully saturated rings. The van der Waals surface area contributed by atoms with Crippen molar-refractivity contribution in [2.24, 2.45) is 0 Å². The van der Waals surface area contributed by atoms with Crippen molar-refractivity contribution in [3.8, 4) is 29.0 Å². The maximum atomic E-state index is 17.2. The molecule has 0 spiro atoms. The minimum atomic E-state index is -3.85. The number of nitrogens with zero attached hydrogens (tertiary/aromatic N) is 5. The van der Waals surface area contributed by atoms with Gasteiger partial charge in [-0.1, -0.05) is 17.7 Å². The number of sulfonamides is 1. The molecule has 0 aliphatic carbocycles. The molecule has 2 unspecified atom stereocenters. The Labute approximate surface area is 298 Å². The molecular weight excluding hydrogens is 741 g/mol. The zero-order valence-electron chi connectivity index (χ0n) is 27.2. The molecule has 0 amide bonds. The predicted octanol–water partition coefficient (Wildman–Crippen LogP) is 5.62. The van der Waals surface area contributed by atoms with Gasteiger partial charge < -0.3 is 20.1 Å². The second-order valence-corrected chi connectivity index (χ2v) is 16.3. The number of nitrogen functional groups attached to an aromatic ring is 1. The van der Waals surface area contributed by atoms with Gasteiger partial charge in [0.15, 0.2) is 11.6 Å². The summed E-state index contributed by atoms with van der Waals surface area (Å²) < 4.78 is 114. The van der Waals surface area contributed by atoms with Crippen LogP contribution >= 0.6 is 22.9 Å². The third kappa shape index (κ3) is 6.16. The van der Waals surface area contributed by atoms with Crippen LogP contribution in [-0.4, -0.2) is 92.6 Å². The Morgan fingerprint density at radius 3 is 2.76 bits per heavy atom. The van der Waals surface area contributed by atoms with E-state index in [9.17, 15) is 26.9 Å². The molecule has 2 aromatic heterocycles. The van der Waals surface area contributed by atoms with Crippen molar-refractivity contribution < 1.29 is 39.8 Å². The zero-order valence-corrected chi connectivity index (χ0v) is 29.5. The topological polar surface area (TPSA) is 147 Å². The van der Waals surface area contributed by atoms with Gasteiger partial charge in [-0.3, -0.25) is 4.90 Å². The maximum Gasteiger partial charge on any atom is 0.319 e. The van der Waals surface area contributed by atoms with Gasteiger partial charge in [0, 0.05) is 30.0 Å². The third-order valence-electron chi connectivity index (χ3n) is 9.76. The van der Waals surface area contributed by atoms with Crippen LogP contribution in [0.25, 0.3) is 32.1 Å². The zero-order chi connectivity index (χ0) is 36.6. The average Bonchev–Trinajstić information content (AvgIpc) is 3.66. The van der Waals surface area contributed by atoms with Gasteiger partial charge in [0.25, 0.3) is 6.43 Å². The van der Waals surface area contributed by atoms with Gasteiger partial charge in [0.1, 0.15) is 47.6 Å². The summed E-state index contributed by atoms with van der Waals surface area (Å²) in [5, 5.41) is 9.35. The summed E-state index contributed by atoms with van der Waals surface area (Å²) >= 11 is 7.72. The lowest BCUT2D eigenvalue weighted by Crippen LogP contribution is -2.54. The van der Waals surface area contributed by atoms with E-state index in [1.54, 1.807) is 0 Å². The quantitative estimate of drug-likeness (QED) is 0.206. The summed E-state index contributed by atoms with van der Waals surface area (Å²) in [5.74, 6) is -2.27. The number of anilines is 2. The fourth-order valence-corrected chi connectivity index (χ4v) is 9.77. The van der Waals surface area contributed by atoms with Gasteiger partial charge in [-0.05, 0) is 37.9 Å². The number of alkyl halides is 3. The lowest BCUT2D eigenvalue weighted by molar-refractivity contribution is 0.107. The number of halogens is 6. The number of thiophene rings is 1. The second-order valence-electron chi connectivity index (χ2n) is 13.1. The van der Waals surface area contributed by atoms with Crippen molar-refractivity contribution in [1.29, 1.82) is 5.26 Å². The highest BCUT2D eigenvalue weighted by Gasteiger charge is 2.49. The van der Waals surface area contributed by atoms with Crippen LogP contribution in [-0.2, 0) is 10.0 Å². The van der Waals surface area contributed by atoms with Crippen LogP contribution in [0.15, 0.2) is 12.1 Å². The van der Waals surface area contributed by atoms with E-state index in [-0.39, 0.29) is 73.3 Å². The number of ether oxygens (including phenoxy) is 2. The lowest BCUT2D eigenvalue weighted by atomic mass is 9.95. The Morgan fingerprint density at radius 2 is 2.06 bits per heavy atom. The molecule has 2 aromatic carbocycles. The fraction of sp³-hybridized carbons (Fsp3) is 0.469. The van der Waals surface area contributed by atoms with Crippen molar-refractivity contribution in [3.63, 3.8) is 0 Å². The number of hydrogen-bond donors (Lipinski definition) is 2. The van der Waals surface area contributed by atoms with Gasteiger partial charge in [0.05, 0.1) is 45.1 Å². The number of fused-ring (bicyclic) bond motifs is 2. The number of nitrogens with two attached hydrogens (primary N) is 1. The highest BCUT2D eigenvalue weighted by atomic mass is 35.5. The highest BCUT2D eigenvalue weighted by Crippen LogP contribution is 2.51. The van der Waals surface area contributed by atoms with Crippen LogP contribution in [0.1, 0.15) is 31.7 Å². The third-order valence-corrected chi connectivity index (χ3v) is 11.9. The van der Waals surface area contributed by atoms with Gasteiger partial charge in [0.2, 0.25) is 10.0 Å². The number of benzene rings is 2.